The van der Waals surface area contributed by atoms with E-state index in [4.69, 9.17) is 5.16 Å². The Hall–Kier alpha value is -0.390. The van der Waals surface area contributed by atoms with Crippen LogP contribution in [0.5, 0.6) is 0 Å². The maximum absolute atomic E-state index is 11.2. The van der Waals surface area contributed by atoms with Gasteiger partial charge in [-0.05, 0) is 12.5 Å². The fraction of sp³-hybridized carbons (Fsp3) is 0.333. The molecular weight excluding hydrogens is 180 g/mol. The van der Waals surface area contributed by atoms with Crippen LogP contribution in [0.3, 0.4) is 0 Å². The van der Waals surface area contributed by atoms with Crippen LogP contribution in [-0.2, 0) is 9.59 Å². The normalized spacial score (nSPS) is 25.5. The van der Waals surface area contributed by atoms with Crippen LogP contribution in [0.4, 0.5) is 0 Å². The Bertz CT molecular complexity index is 259. The maximum atomic E-state index is 11.2. The third kappa shape index (κ3) is 1.61. The predicted molar refractivity (Wildman–Crippen MR) is 44.9 cm³/mol. The predicted octanol–water partition coefficient (Wildman–Crippen LogP) is 2.50. The average Bonchev–Trinajstić information content (AvgIpc) is 1.99. The van der Waals surface area contributed by atoms with Crippen LogP contribution < -0.4 is 0 Å². The van der Waals surface area contributed by atoms with E-state index < -0.39 is 7.61 Å². The van der Waals surface area contributed by atoms with Crippen molar-refractivity contribution < 1.29 is 9.59 Å². The Morgan fingerprint density at radius 3 is 2.73 bits per heavy atom. The van der Waals surface area contributed by atoms with E-state index in [-0.39, 0.29) is 19.1 Å². The zero-order valence-corrected chi connectivity index (χ0v) is 7.78. The van der Waals surface area contributed by atoms with Crippen LogP contribution in [-0.4, -0.2) is 11.0 Å². The molecule has 0 saturated heterocycles. The van der Waals surface area contributed by atoms with Gasteiger partial charge in [0.25, 0.3) is 0 Å². The smallest absolute Gasteiger partial charge is 0.197 e. The molecule has 0 aromatic heterocycles. The highest BCUT2D eigenvalue weighted by Gasteiger charge is 2.28. The molecule has 11 heavy (non-hydrogen) atoms. The number of carbonyl (C=O) groups is 2. The molecule has 1 N–H and O–H groups in total. The first-order valence-electron chi connectivity index (χ1n) is 3.08. The molecule has 1 rings (SSSR count). The Morgan fingerprint density at radius 1 is 1.64 bits per heavy atom. The first-order valence-corrected chi connectivity index (χ1v) is 6.02. The first-order chi connectivity index (χ1) is 5.16. The second-order valence-corrected chi connectivity index (χ2v) is 5.73. The topological polar surface area (TPSA) is 58.0 Å². The molecule has 0 spiro atoms. The van der Waals surface area contributed by atoms with Gasteiger partial charge >= 0.3 is 0 Å². The van der Waals surface area contributed by atoms with Crippen LogP contribution in [0.25, 0.3) is 0 Å². The van der Waals surface area contributed by atoms with Crippen molar-refractivity contribution in [3.8, 4) is 0 Å². The Balaban J connectivity index is 2.97. The van der Waals surface area contributed by atoms with Gasteiger partial charge in [-0.3, -0.25) is 14.8 Å². The minimum atomic E-state index is -1.34. The SMILES string of the molecule is CC1=CCC(=O)P(P=N)C1=O. The third-order valence-electron chi connectivity index (χ3n) is 1.45. The number of hydrogen-bond acceptors (Lipinski definition) is 3. The summed E-state index contributed by atoms with van der Waals surface area (Å²) in [5, 5.41) is 6.98. The summed E-state index contributed by atoms with van der Waals surface area (Å²) in [6.45, 7) is 1.70. The second-order valence-electron chi connectivity index (χ2n) is 2.20. The van der Waals surface area contributed by atoms with E-state index in [9.17, 15) is 9.59 Å². The van der Waals surface area contributed by atoms with Crippen LogP contribution in [0.15, 0.2) is 11.6 Å². The number of carbonyl (C=O) groups excluding carboxylic acids is 2. The van der Waals surface area contributed by atoms with Gasteiger partial charge < -0.3 is 0 Å². The monoisotopic (exact) mass is 187 g/mol. The molecule has 0 saturated carbocycles. The van der Waals surface area contributed by atoms with Gasteiger partial charge in [-0.2, -0.15) is 0 Å². The molecule has 1 aliphatic heterocycles. The highest BCUT2D eigenvalue weighted by Crippen LogP contribution is 2.55. The van der Waals surface area contributed by atoms with Gasteiger partial charge in [0.1, 0.15) is 7.61 Å². The standard InChI is InChI=1S/C6H7NO2P2/c1-4-2-3-5(8)11(10-7)6(4)9/h2,7H,3H2,1H3. The molecular formula is C6H7NO2P2. The van der Waals surface area contributed by atoms with Crippen molar-refractivity contribution in [1.29, 1.82) is 5.16 Å². The third-order valence-corrected chi connectivity index (χ3v) is 4.86. The van der Waals surface area contributed by atoms with E-state index in [1.54, 1.807) is 13.0 Å². The molecule has 0 radical (unpaired) electrons. The molecule has 0 aromatic rings. The quantitative estimate of drug-likeness (QED) is 0.641. The molecule has 1 atom stereocenters. The molecule has 0 aromatic carbocycles. The molecule has 0 fully saturated rings. The van der Waals surface area contributed by atoms with Crippen molar-refractivity contribution in [2.45, 2.75) is 13.3 Å². The number of allylic oxidation sites excluding steroid dienone is 2. The van der Waals surface area contributed by atoms with Crippen LogP contribution in [0, 0.1) is 5.16 Å². The molecule has 0 bridgehead atoms. The van der Waals surface area contributed by atoms with Crippen molar-refractivity contribution in [3.05, 3.63) is 11.6 Å². The summed E-state index contributed by atoms with van der Waals surface area (Å²) in [5.41, 5.74) is 0.468. The fourth-order valence-electron chi connectivity index (χ4n) is 0.796. The zero-order valence-electron chi connectivity index (χ0n) is 6.00. The van der Waals surface area contributed by atoms with Gasteiger partial charge in [0.2, 0.25) is 0 Å². The van der Waals surface area contributed by atoms with Crippen LogP contribution in [0.2, 0.25) is 0 Å². The van der Waals surface area contributed by atoms with Crippen LogP contribution in [0.1, 0.15) is 13.3 Å². The maximum Gasteiger partial charge on any atom is 0.197 e. The van der Waals surface area contributed by atoms with Gasteiger partial charge in [0.15, 0.2) is 11.0 Å². The summed E-state index contributed by atoms with van der Waals surface area (Å²) < 4.78 is 0. The van der Waals surface area contributed by atoms with Gasteiger partial charge in [0, 0.05) is 14.5 Å². The summed E-state index contributed by atoms with van der Waals surface area (Å²) in [5.74, 6) is 0. The molecule has 1 heterocycles. The lowest BCUT2D eigenvalue weighted by Gasteiger charge is -2.12. The molecule has 1 aliphatic rings. The lowest BCUT2D eigenvalue weighted by atomic mass is 10.2. The highest BCUT2D eigenvalue weighted by atomic mass is 32.0. The van der Waals surface area contributed by atoms with E-state index >= 15 is 0 Å². The minimum Gasteiger partial charge on any atom is -0.293 e. The number of nitrogens with one attached hydrogen (secondary N) is 1. The Kier molecular flexibility index (Phi) is 2.64. The number of rotatable bonds is 1. The van der Waals surface area contributed by atoms with Crippen molar-refractivity contribution in [3.63, 3.8) is 0 Å². The van der Waals surface area contributed by atoms with Gasteiger partial charge in [0.05, 0.1) is 0 Å². The summed E-state index contributed by atoms with van der Waals surface area (Å²) in [4.78, 5) is 22.2. The molecule has 3 nitrogen and oxygen atoms in total. The van der Waals surface area contributed by atoms with Crippen molar-refractivity contribution in [2.75, 3.05) is 0 Å². The van der Waals surface area contributed by atoms with E-state index in [1.165, 1.54) is 0 Å². The lowest BCUT2D eigenvalue weighted by molar-refractivity contribution is -0.112. The summed E-state index contributed by atoms with van der Waals surface area (Å²) in [7, 11) is -1.15. The Labute approximate surface area is 67.2 Å². The van der Waals surface area contributed by atoms with Crippen LogP contribution >= 0.6 is 15.7 Å². The molecule has 1 unspecified atom stereocenters. The summed E-state index contributed by atoms with van der Waals surface area (Å²) >= 11 is 0. The fourth-order valence-corrected chi connectivity index (χ4v) is 3.24. The van der Waals surface area contributed by atoms with Gasteiger partial charge in [-0.25, -0.2) is 0 Å². The zero-order chi connectivity index (χ0) is 8.43. The second kappa shape index (κ2) is 3.34. The minimum absolute atomic E-state index is 0.0627. The van der Waals surface area contributed by atoms with Crippen molar-refractivity contribution in [2.24, 2.45) is 0 Å². The summed E-state index contributed by atoms with van der Waals surface area (Å²) in [6, 6.07) is 0. The van der Waals surface area contributed by atoms with Crippen molar-refractivity contribution >= 4 is 26.7 Å². The molecule has 58 valence electrons. The van der Waals surface area contributed by atoms with E-state index in [1.807, 2.05) is 0 Å². The molecule has 5 heteroatoms. The Morgan fingerprint density at radius 2 is 2.27 bits per heavy atom. The average molecular weight is 187 g/mol. The van der Waals surface area contributed by atoms with E-state index in [0.29, 0.717) is 12.0 Å². The van der Waals surface area contributed by atoms with Gasteiger partial charge in [-0.15, -0.1) is 0 Å². The summed E-state index contributed by atoms with van der Waals surface area (Å²) in [6.07, 6.45) is 1.99. The van der Waals surface area contributed by atoms with E-state index in [2.05, 4.69) is 0 Å². The van der Waals surface area contributed by atoms with Gasteiger partial charge in [-0.1, -0.05) is 6.08 Å². The van der Waals surface area contributed by atoms with Crippen molar-refractivity contribution in [1.82, 2.24) is 0 Å². The molecule has 0 amide bonds. The highest BCUT2D eigenvalue weighted by molar-refractivity contribution is 8.33. The largest absolute Gasteiger partial charge is 0.293 e. The molecule has 0 aliphatic carbocycles. The first kappa shape index (κ1) is 8.70. The number of hydrogen-bond donors (Lipinski definition) is 1. The lowest BCUT2D eigenvalue weighted by Crippen LogP contribution is -2.07. The van der Waals surface area contributed by atoms with E-state index in [0.717, 1.165) is 0 Å².